The fourth-order valence-corrected chi connectivity index (χ4v) is 3.16. The van der Waals surface area contributed by atoms with Crippen LogP contribution in [0.3, 0.4) is 0 Å². The normalized spacial score (nSPS) is 10.4. The van der Waals surface area contributed by atoms with Gasteiger partial charge in [0.05, 0.1) is 11.3 Å². The van der Waals surface area contributed by atoms with E-state index in [0.717, 1.165) is 4.47 Å². The molecule has 0 aliphatic rings. The highest BCUT2D eigenvalue weighted by atomic mass is 79.9. The Morgan fingerprint density at radius 2 is 1.67 bits per heavy atom. The van der Waals surface area contributed by atoms with Gasteiger partial charge < -0.3 is 10.4 Å². The first-order valence-corrected chi connectivity index (χ1v) is 9.64. The Hall–Kier alpha value is -2.71. The van der Waals surface area contributed by atoms with Gasteiger partial charge in [-0.1, -0.05) is 39.8 Å². The van der Waals surface area contributed by atoms with Crippen molar-refractivity contribution in [1.82, 2.24) is 9.97 Å². The Morgan fingerprint density at radius 3 is 2.33 bits per heavy atom. The van der Waals surface area contributed by atoms with Crippen molar-refractivity contribution in [3.05, 3.63) is 76.4 Å². The van der Waals surface area contributed by atoms with Crippen LogP contribution in [-0.2, 0) is 0 Å². The van der Waals surface area contributed by atoms with Gasteiger partial charge >= 0.3 is 5.97 Å². The van der Waals surface area contributed by atoms with E-state index >= 15 is 0 Å². The first kappa shape index (κ1) is 19.1. The summed E-state index contributed by atoms with van der Waals surface area (Å²) in [6.07, 6.45) is 1.60. The van der Waals surface area contributed by atoms with Gasteiger partial charge in [-0.05, 0) is 42.5 Å². The Morgan fingerprint density at radius 1 is 1.00 bits per heavy atom. The average Bonchev–Trinajstić information content (AvgIpc) is 2.67. The summed E-state index contributed by atoms with van der Waals surface area (Å²) in [5.74, 6) is -0.179. The van der Waals surface area contributed by atoms with Crippen molar-refractivity contribution < 1.29 is 14.7 Å². The molecule has 0 amide bonds. The summed E-state index contributed by atoms with van der Waals surface area (Å²) in [6, 6.07) is 15.2. The van der Waals surface area contributed by atoms with E-state index in [1.54, 1.807) is 36.5 Å². The van der Waals surface area contributed by atoms with E-state index in [1.807, 2.05) is 12.1 Å². The topological polar surface area (TPSA) is 92.2 Å². The van der Waals surface area contributed by atoms with Gasteiger partial charge in [0.25, 0.3) is 0 Å². The molecule has 2 aromatic carbocycles. The zero-order valence-corrected chi connectivity index (χ0v) is 16.3. The standard InChI is InChI=1S/C19H14BrN3O3S/c20-14-5-1-12(2-6-14)16(24)11-27-19-21-10-9-17(23-19)22-15-7-3-13(4-8-15)18(25)26/h1-10H,11H2,(H,25,26)(H,21,22,23). The second-order valence-electron chi connectivity index (χ2n) is 5.45. The third-order valence-corrected chi connectivity index (χ3v) is 4.93. The van der Waals surface area contributed by atoms with Crippen LogP contribution in [0.15, 0.2) is 70.4 Å². The lowest BCUT2D eigenvalue weighted by molar-refractivity contribution is 0.0696. The quantitative estimate of drug-likeness (QED) is 0.311. The second kappa shape index (κ2) is 8.79. The van der Waals surface area contributed by atoms with Gasteiger partial charge in [0.2, 0.25) is 0 Å². The molecule has 1 heterocycles. The van der Waals surface area contributed by atoms with Crippen LogP contribution >= 0.6 is 27.7 Å². The lowest BCUT2D eigenvalue weighted by atomic mass is 10.2. The van der Waals surface area contributed by atoms with E-state index in [9.17, 15) is 9.59 Å². The molecular weight excluding hydrogens is 430 g/mol. The highest BCUT2D eigenvalue weighted by Gasteiger charge is 2.09. The first-order chi connectivity index (χ1) is 13.0. The zero-order valence-electron chi connectivity index (χ0n) is 13.9. The van der Waals surface area contributed by atoms with Gasteiger partial charge in [0, 0.05) is 21.9 Å². The molecule has 0 aliphatic carbocycles. The maximum atomic E-state index is 12.2. The minimum Gasteiger partial charge on any atom is -0.478 e. The predicted molar refractivity (Wildman–Crippen MR) is 108 cm³/mol. The molecule has 0 bridgehead atoms. The number of carbonyl (C=O) groups excluding carboxylic acids is 1. The third-order valence-electron chi connectivity index (χ3n) is 3.54. The summed E-state index contributed by atoms with van der Waals surface area (Å²) in [5, 5.41) is 12.5. The molecule has 6 nitrogen and oxygen atoms in total. The molecule has 0 spiro atoms. The van der Waals surface area contributed by atoms with Crippen molar-refractivity contribution >= 4 is 50.9 Å². The zero-order chi connectivity index (χ0) is 19.2. The van der Waals surface area contributed by atoms with Gasteiger partial charge in [-0.3, -0.25) is 4.79 Å². The van der Waals surface area contributed by atoms with Crippen LogP contribution in [0, 0.1) is 0 Å². The highest BCUT2D eigenvalue weighted by Crippen LogP contribution is 2.20. The number of nitrogens with zero attached hydrogens (tertiary/aromatic N) is 2. The molecule has 2 N–H and O–H groups in total. The lowest BCUT2D eigenvalue weighted by Crippen LogP contribution is -2.03. The molecule has 8 heteroatoms. The number of anilines is 2. The number of halogens is 1. The second-order valence-corrected chi connectivity index (χ2v) is 7.31. The summed E-state index contributed by atoms with van der Waals surface area (Å²) in [4.78, 5) is 31.7. The van der Waals surface area contributed by atoms with Crippen LogP contribution < -0.4 is 5.32 Å². The fourth-order valence-electron chi connectivity index (χ4n) is 2.17. The summed E-state index contributed by atoms with van der Waals surface area (Å²) in [7, 11) is 0. The summed E-state index contributed by atoms with van der Waals surface area (Å²) in [6.45, 7) is 0. The number of aromatic nitrogens is 2. The predicted octanol–water partition coefficient (Wildman–Crippen LogP) is 4.66. The Kier molecular flexibility index (Phi) is 6.20. The first-order valence-electron chi connectivity index (χ1n) is 7.86. The number of carbonyl (C=O) groups is 2. The van der Waals surface area contributed by atoms with Crippen LogP contribution in [0.1, 0.15) is 20.7 Å². The van der Waals surface area contributed by atoms with Crippen LogP contribution in [0.4, 0.5) is 11.5 Å². The van der Waals surface area contributed by atoms with Crippen molar-refractivity contribution in [3.63, 3.8) is 0 Å². The number of thioether (sulfide) groups is 1. The Bertz CT molecular complexity index is 963. The van der Waals surface area contributed by atoms with Crippen LogP contribution in [0.5, 0.6) is 0 Å². The minimum atomic E-state index is -0.974. The van der Waals surface area contributed by atoms with Crippen molar-refractivity contribution in [2.45, 2.75) is 5.16 Å². The van der Waals surface area contributed by atoms with E-state index in [1.165, 1.54) is 23.9 Å². The highest BCUT2D eigenvalue weighted by molar-refractivity contribution is 9.10. The summed E-state index contributed by atoms with van der Waals surface area (Å²) < 4.78 is 0.921. The molecule has 0 radical (unpaired) electrons. The van der Waals surface area contributed by atoms with Crippen LogP contribution in [-0.4, -0.2) is 32.6 Å². The maximum Gasteiger partial charge on any atom is 0.335 e. The molecule has 27 heavy (non-hydrogen) atoms. The third kappa shape index (κ3) is 5.38. The van der Waals surface area contributed by atoms with Crippen molar-refractivity contribution in [1.29, 1.82) is 0 Å². The molecule has 0 saturated heterocycles. The van der Waals surface area contributed by atoms with E-state index in [-0.39, 0.29) is 17.1 Å². The van der Waals surface area contributed by atoms with Gasteiger partial charge in [-0.15, -0.1) is 0 Å². The molecule has 0 fully saturated rings. The number of carboxylic acid groups (broad SMARTS) is 1. The van der Waals surface area contributed by atoms with Crippen LogP contribution in [0.2, 0.25) is 0 Å². The Labute approximate surface area is 168 Å². The molecule has 1 aromatic heterocycles. The number of ketones is 1. The smallest absolute Gasteiger partial charge is 0.335 e. The number of hydrogen-bond acceptors (Lipinski definition) is 6. The molecule has 0 saturated carbocycles. The number of aromatic carboxylic acids is 1. The number of Topliss-reactive ketones (excluding diaryl/α,β-unsaturated/α-hetero) is 1. The molecule has 0 aliphatic heterocycles. The molecular formula is C19H14BrN3O3S. The van der Waals surface area contributed by atoms with Gasteiger partial charge in [0.15, 0.2) is 10.9 Å². The van der Waals surface area contributed by atoms with Crippen molar-refractivity contribution in [2.75, 3.05) is 11.1 Å². The Balaban J connectivity index is 1.62. The van der Waals surface area contributed by atoms with E-state index in [4.69, 9.17) is 5.11 Å². The van der Waals surface area contributed by atoms with E-state index in [2.05, 4.69) is 31.2 Å². The number of rotatable bonds is 7. The minimum absolute atomic E-state index is 0.00118. The average molecular weight is 444 g/mol. The fraction of sp³-hybridized carbons (Fsp3) is 0.0526. The number of nitrogens with one attached hydrogen (secondary N) is 1. The van der Waals surface area contributed by atoms with Gasteiger partial charge in [0.1, 0.15) is 5.82 Å². The van der Waals surface area contributed by atoms with E-state index < -0.39 is 5.97 Å². The van der Waals surface area contributed by atoms with Crippen molar-refractivity contribution in [3.8, 4) is 0 Å². The SMILES string of the molecule is O=C(O)c1ccc(Nc2ccnc(SCC(=O)c3ccc(Br)cc3)n2)cc1. The lowest BCUT2D eigenvalue weighted by Gasteiger charge is -2.07. The summed E-state index contributed by atoms with van der Waals surface area (Å²) >= 11 is 4.60. The molecule has 0 unspecified atom stereocenters. The van der Waals surface area contributed by atoms with Gasteiger partial charge in [-0.2, -0.15) is 0 Å². The molecule has 0 atom stereocenters. The van der Waals surface area contributed by atoms with Gasteiger partial charge in [-0.25, -0.2) is 14.8 Å². The number of hydrogen-bond donors (Lipinski definition) is 2. The monoisotopic (exact) mass is 443 g/mol. The largest absolute Gasteiger partial charge is 0.478 e. The molecule has 3 rings (SSSR count). The number of carboxylic acids is 1. The number of benzene rings is 2. The van der Waals surface area contributed by atoms with Crippen molar-refractivity contribution in [2.24, 2.45) is 0 Å². The molecule has 136 valence electrons. The van der Waals surface area contributed by atoms with Crippen LogP contribution in [0.25, 0.3) is 0 Å². The summed E-state index contributed by atoms with van der Waals surface area (Å²) in [5.41, 5.74) is 1.56. The molecule has 3 aromatic rings. The van der Waals surface area contributed by atoms with E-state index in [0.29, 0.717) is 22.2 Å². The maximum absolute atomic E-state index is 12.2.